The molecule has 2 N–H and O–H groups in total. The van der Waals surface area contributed by atoms with Crippen LogP contribution in [0.1, 0.15) is 36.6 Å². The molecular formula is C22H22F3N3O3S3. The summed E-state index contributed by atoms with van der Waals surface area (Å²) in [7, 11) is -4.04. The number of anilines is 1. The summed E-state index contributed by atoms with van der Waals surface area (Å²) in [6, 6.07) is 13.6. The molecule has 0 aliphatic carbocycles. The maximum absolute atomic E-state index is 13.7. The largest absolute Gasteiger partial charge is 0.389 e. The molecule has 2 heterocycles. The number of thiophene rings is 1. The number of hydrogen-bond donors (Lipinski definition) is 2. The molecule has 1 saturated heterocycles. The summed E-state index contributed by atoms with van der Waals surface area (Å²) in [4.78, 5) is 11.4. The van der Waals surface area contributed by atoms with E-state index in [2.05, 4.69) is 10.0 Å². The first-order valence-electron chi connectivity index (χ1n) is 10.5. The van der Waals surface area contributed by atoms with Crippen LogP contribution in [0.25, 0.3) is 10.1 Å². The zero-order valence-electron chi connectivity index (χ0n) is 18.1. The fourth-order valence-electron chi connectivity index (χ4n) is 3.71. The number of unbranched alkanes of at least 4 members (excludes halogenated alkanes) is 1. The van der Waals surface area contributed by atoms with E-state index in [9.17, 15) is 26.4 Å². The molecule has 3 aromatic rings. The summed E-state index contributed by atoms with van der Waals surface area (Å²) >= 11 is 2.23. The predicted octanol–water partition coefficient (Wildman–Crippen LogP) is 6.10. The average Bonchev–Trinajstić information content (AvgIpc) is 3.36. The van der Waals surface area contributed by atoms with Gasteiger partial charge in [-0.1, -0.05) is 30.3 Å². The summed E-state index contributed by atoms with van der Waals surface area (Å²) in [5.41, 5.74) is 1.46. The van der Waals surface area contributed by atoms with Crippen molar-refractivity contribution in [2.24, 2.45) is 0 Å². The van der Waals surface area contributed by atoms with Crippen LogP contribution < -0.4 is 14.3 Å². The minimum absolute atomic E-state index is 0.0286. The normalized spacial score (nSPS) is 16.7. The summed E-state index contributed by atoms with van der Waals surface area (Å²) in [6.07, 6.45) is -5.77. The summed E-state index contributed by atoms with van der Waals surface area (Å²) < 4.78 is 70.3. The number of halogens is 3. The maximum atomic E-state index is 13.7. The lowest BCUT2D eigenvalue weighted by Crippen LogP contribution is -2.32. The topological polar surface area (TPSA) is 78.5 Å². The minimum atomic E-state index is -4.28. The summed E-state index contributed by atoms with van der Waals surface area (Å²) in [5, 5.41) is 3.89. The number of sulfonamides is 1. The summed E-state index contributed by atoms with van der Waals surface area (Å²) in [6.45, 7) is 1.76. The second-order valence-corrected chi connectivity index (χ2v) is 11.5. The van der Waals surface area contributed by atoms with Gasteiger partial charge in [-0.15, -0.1) is 11.3 Å². The number of carbonyl (C=O) groups is 1. The van der Waals surface area contributed by atoms with Gasteiger partial charge in [-0.05, 0) is 54.5 Å². The van der Waals surface area contributed by atoms with Gasteiger partial charge in [0.25, 0.3) is 15.3 Å². The van der Waals surface area contributed by atoms with Gasteiger partial charge in [0, 0.05) is 29.6 Å². The minimum Gasteiger partial charge on any atom is -0.326 e. The molecule has 0 saturated carbocycles. The standard InChI is InChI=1S/C22H22F3N3O3S3/c1-14-17-6-2-3-7-18(17)32-20(14)28(13-5-4-12-22(23,24)25)34(30,31)16-10-8-15(9-11-16)19-26-21(29)33-27-19/h2-3,6-11,19,27H,4-5,12-13H2,1H3,(H,26,29). The van der Waals surface area contributed by atoms with Gasteiger partial charge >= 0.3 is 6.18 Å². The number of hydrogen-bond acceptors (Lipinski definition) is 6. The molecule has 1 aliphatic heterocycles. The maximum Gasteiger partial charge on any atom is 0.389 e. The first-order valence-corrected chi connectivity index (χ1v) is 13.5. The molecule has 1 unspecified atom stereocenters. The molecule has 6 nitrogen and oxygen atoms in total. The Bertz CT molecular complexity index is 1290. The molecule has 34 heavy (non-hydrogen) atoms. The van der Waals surface area contributed by atoms with Crippen molar-refractivity contribution in [1.29, 1.82) is 0 Å². The van der Waals surface area contributed by atoms with Crippen molar-refractivity contribution in [2.75, 3.05) is 10.8 Å². The predicted molar refractivity (Wildman–Crippen MR) is 129 cm³/mol. The van der Waals surface area contributed by atoms with Crippen LogP contribution in [0.5, 0.6) is 0 Å². The van der Waals surface area contributed by atoms with Crippen molar-refractivity contribution in [1.82, 2.24) is 10.0 Å². The van der Waals surface area contributed by atoms with Crippen LogP contribution in [-0.4, -0.2) is 26.4 Å². The fourth-order valence-corrected chi connectivity index (χ4v) is 7.32. The Hall–Kier alpha value is -2.28. The van der Waals surface area contributed by atoms with Crippen molar-refractivity contribution < 1.29 is 26.4 Å². The average molecular weight is 530 g/mol. The van der Waals surface area contributed by atoms with Crippen molar-refractivity contribution in [2.45, 2.75) is 43.4 Å². The Morgan fingerprint density at radius 3 is 2.38 bits per heavy atom. The zero-order chi connectivity index (χ0) is 24.5. The van der Waals surface area contributed by atoms with Crippen LogP contribution in [-0.2, 0) is 10.0 Å². The second-order valence-electron chi connectivity index (χ2n) is 7.83. The molecule has 182 valence electrons. The zero-order valence-corrected chi connectivity index (χ0v) is 20.5. The lowest BCUT2D eigenvalue weighted by molar-refractivity contribution is -0.135. The van der Waals surface area contributed by atoms with E-state index < -0.39 is 28.8 Å². The number of nitrogens with one attached hydrogen (secondary N) is 2. The van der Waals surface area contributed by atoms with Gasteiger partial charge in [-0.3, -0.25) is 9.10 Å². The molecule has 1 amide bonds. The van der Waals surface area contributed by atoms with Crippen molar-refractivity contribution >= 4 is 53.6 Å². The fraction of sp³-hybridized carbons (Fsp3) is 0.318. The van der Waals surface area contributed by atoms with E-state index >= 15 is 0 Å². The Kier molecular flexibility index (Phi) is 7.13. The van der Waals surface area contributed by atoms with E-state index in [1.54, 1.807) is 12.1 Å². The molecular weight excluding hydrogens is 507 g/mol. The first-order chi connectivity index (χ1) is 16.1. The number of fused-ring (bicyclic) bond motifs is 1. The molecule has 0 radical (unpaired) electrons. The molecule has 1 aliphatic rings. The van der Waals surface area contributed by atoms with Gasteiger partial charge in [0.2, 0.25) is 0 Å². The SMILES string of the molecule is Cc1c(N(CCCCC(F)(F)F)S(=O)(=O)c2ccc(C3NSC(=O)N3)cc2)sc2ccccc12. The van der Waals surface area contributed by atoms with E-state index in [1.165, 1.54) is 27.8 Å². The molecule has 0 bridgehead atoms. The summed E-state index contributed by atoms with van der Waals surface area (Å²) in [5.74, 6) is 0. The van der Waals surface area contributed by atoms with Gasteiger partial charge in [0.1, 0.15) is 11.2 Å². The lowest BCUT2D eigenvalue weighted by atomic mass is 10.2. The third kappa shape index (κ3) is 5.35. The Labute approximate surface area is 203 Å². The monoisotopic (exact) mass is 529 g/mol. The van der Waals surface area contributed by atoms with Crippen LogP contribution in [0.3, 0.4) is 0 Å². The highest BCUT2D eigenvalue weighted by Crippen LogP contribution is 2.40. The van der Waals surface area contributed by atoms with Crippen LogP contribution in [0.4, 0.5) is 23.0 Å². The number of nitrogens with zero attached hydrogens (tertiary/aromatic N) is 1. The molecule has 0 spiro atoms. The van der Waals surface area contributed by atoms with Crippen LogP contribution in [0.15, 0.2) is 53.4 Å². The highest BCUT2D eigenvalue weighted by atomic mass is 32.2. The highest BCUT2D eigenvalue weighted by Gasteiger charge is 2.30. The van der Waals surface area contributed by atoms with Gasteiger partial charge in [0.05, 0.1) is 4.90 Å². The number of aryl methyl sites for hydroxylation is 1. The lowest BCUT2D eigenvalue weighted by Gasteiger charge is -2.24. The van der Waals surface area contributed by atoms with Gasteiger partial charge in [0.15, 0.2) is 0 Å². The second kappa shape index (κ2) is 9.76. The molecule has 2 aromatic carbocycles. The van der Waals surface area contributed by atoms with Crippen molar-refractivity contribution in [3.63, 3.8) is 0 Å². The molecule has 4 rings (SSSR count). The molecule has 1 aromatic heterocycles. The van der Waals surface area contributed by atoms with E-state index in [0.29, 0.717) is 10.6 Å². The van der Waals surface area contributed by atoms with Crippen LogP contribution in [0, 0.1) is 6.92 Å². The number of carbonyl (C=O) groups excluding carboxylic acids is 1. The smallest absolute Gasteiger partial charge is 0.326 e. The first kappa shape index (κ1) is 24.8. The highest BCUT2D eigenvalue weighted by molar-refractivity contribution is 8.12. The Morgan fingerprint density at radius 1 is 1.06 bits per heavy atom. The van der Waals surface area contributed by atoms with Crippen molar-refractivity contribution in [3.8, 4) is 0 Å². The van der Waals surface area contributed by atoms with Crippen LogP contribution in [0.2, 0.25) is 0 Å². The number of alkyl halides is 3. The third-order valence-electron chi connectivity index (χ3n) is 5.45. The molecule has 1 fully saturated rings. The van der Waals surface area contributed by atoms with Gasteiger partial charge in [-0.2, -0.15) is 13.2 Å². The third-order valence-corrected chi connectivity index (χ3v) is 9.33. The Morgan fingerprint density at radius 2 is 1.76 bits per heavy atom. The molecule has 1 atom stereocenters. The van der Waals surface area contributed by atoms with E-state index in [1.807, 2.05) is 31.2 Å². The molecule has 12 heteroatoms. The van der Waals surface area contributed by atoms with E-state index in [0.717, 1.165) is 27.6 Å². The Balaban J connectivity index is 1.65. The van der Waals surface area contributed by atoms with Crippen molar-refractivity contribution in [3.05, 3.63) is 59.7 Å². The van der Waals surface area contributed by atoms with E-state index in [4.69, 9.17) is 0 Å². The van der Waals surface area contributed by atoms with E-state index in [-0.39, 0.29) is 29.5 Å². The van der Waals surface area contributed by atoms with Crippen LogP contribution >= 0.6 is 23.3 Å². The number of rotatable bonds is 8. The quantitative estimate of drug-likeness (QED) is 0.272. The number of benzene rings is 2. The van der Waals surface area contributed by atoms with Gasteiger partial charge < -0.3 is 5.32 Å². The number of amides is 1. The van der Waals surface area contributed by atoms with Gasteiger partial charge in [-0.25, -0.2) is 13.1 Å².